The van der Waals surface area contributed by atoms with Gasteiger partial charge in [0.05, 0.1) is 0 Å². The van der Waals surface area contributed by atoms with Crippen LogP contribution in [0, 0.1) is 11.3 Å². The topological polar surface area (TPSA) is 0 Å². The first-order chi connectivity index (χ1) is 9.87. The van der Waals surface area contributed by atoms with Crippen LogP contribution in [-0.2, 0) is 0 Å². The summed E-state index contributed by atoms with van der Waals surface area (Å²) in [5, 5.41) is 0. The van der Waals surface area contributed by atoms with E-state index in [0.717, 1.165) is 0 Å². The second-order valence-corrected chi connectivity index (χ2v) is 7.61. The smallest absolute Gasteiger partial charge is 0.0134 e. The fourth-order valence-corrected chi connectivity index (χ4v) is 2.98. The highest BCUT2D eigenvalue weighted by atomic mass is 14.3. The Kier molecular flexibility index (Phi) is 4.88. The molecule has 21 heavy (non-hydrogen) atoms. The molecule has 0 saturated heterocycles. The average Bonchev–Trinajstić information content (AvgIpc) is 2.45. The van der Waals surface area contributed by atoms with Gasteiger partial charge >= 0.3 is 0 Å². The molecule has 0 radical (unpaired) electrons. The first-order valence-corrected chi connectivity index (χ1v) is 8.02. The molecule has 1 atom stereocenters. The molecule has 0 heterocycles. The van der Waals surface area contributed by atoms with Crippen LogP contribution in [0.3, 0.4) is 0 Å². The van der Waals surface area contributed by atoms with Crippen molar-refractivity contribution in [3.63, 3.8) is 0 Å². The minimum Gasteiger partial charge on any atom is -0.0622 e. The van der Waals surface area contributed by atoms with Crippen LogP contribution in [0.2, 0.25) is 0 Å². The van der Waals surface area contributed by atoms with Crippen molar-refractivity contribution in [2.45, 2.75) is 47.0 Å². The van der Waals surface area contributed by atoms with Gasteiger partial charge in [-0.15, -0.1) is 0 Å². The lowest BCUT2D eigenvalue weighted by molar-refractivity contribution is 0.301. The van der Waals surface area contributed by atoms with Crippen LogP contribution >= 0.6 is 0 Å². The van der Waals surface area contributed by atoms with E-state index >= 15 is 0 Å². The normalized spacial score (nSPS) is 13.4. The van der Waals surface area contributed by atoms with Crippen LogP contribution in [-0.4, -0.2) is 0 Å². The standard InChI is InChI=1S/C21H28/c1-16(2)20(15-21(3,4)5)19-13-9-12-18(14-19)17-10-7-6-8-11-17/h6-14,16,20H,15H2,1-5H3. The van der Waals surface area contributed by atoms with E-state index in [1.54, 1.807) is 0 Å². The zero-order valence-electron chi connectivity index (χ0n) is 14.1. The van der Waals surface area contributed by atoms with E-state index in [9.17, 15) is 0 Å². The molecule has 2 aromatic carbocycles. The van der Waals surface area contributed by atoms with Crippen LogP contribution in [0.25, 0.3) is 11.1 Å². The molecule has 0 aliphatic rings. The molecule has 0 bridgehead atoms. The van der Waals surface area contributed by atoms with Gasteiger partial charge in [0.2, 0.25) is 0 Å². The Labute approximate surface area is 130 Å². The van der Waals surface area contributed by atoms with E-state index in [2.05, 4.69) is 89.2 Å². The summed E-state index contributed by atoms with van der Waals surface area (Å²) in [6.45, 7) is 11.7. The average molecular weight is 280 g/mol. The third-order valence-corrected chi connectivity index (χ3v) is 4.06. The maximum absolute atomic E-state index is 2.38. The van der Waals surface area contributed by atoms with Crippen LogP contribution < -0.4 is 0 Å². The zero-order valence-corrected chi connectivity index (χ0v) is 14.1. The quantitative estimate of drug-likeness (QED) is 0.597. The number of hydrogen-bond acceptors (Lipinski definition) is 0. The molecule has 1 unspecified atom stereocenters. The van der Waals surface area contributed by atoms with E-state index in [1.165, 1.54) is 23.1 Å². The SMILES string of the molecule is CC(C)C(CC(C)(C)C)c1cccc(-c2ccccc2)c1. The van der Waals surface area contributed by atoms with Crippen LogP contribution in [0.4, 0.5) is 0 Å². The Morgan fingerprint density at radius 2 is 1.43 bits per heavy atom. The van der Waals surface area contributed by atoms with Crippen molar-refractivity contribution < 1.29 is 0 Å². The molecule has 112 valence electrons. The molecule has 0 heteroatoms. The summed E-state index contributed by atoms with van der Waals surface area (Å²) in [6, 6.07) is 19.8. The summed E-state index contributed by atoms with van der Waals surface area (Å²) in [7, 11) is 0. The summed E-state index contributed by atoms with van der Waals surface area (Å²) >= 11 is 0. The van der Waals surface area contributed by atoms with Crippen molar-refractivity contribution in [1.29, 1.82) is 0 Å². The minimum atomic E-state index is 0.359. The van der Waals surface area contributed by atoms with Gasteiger partial charge in [-0.3, -0.25) is 0 Å². The molecule has 2 rings (SSSR count). The van der Waals surface area contributed by atoms with Gasteiger partial charge in [0, 0.05) is 0 Å². The van der Waals surface area contributed by atoms with E-state index in [0.29, 0.717) is 17.3 Å². The van der Waals surface area contributed by atoms with Crippen molar-refractivity contribution in [3.8, 4) is 11.1 Å². The molecular weight excluding hydrogens is 252 g/mol. The van der Waals surface area contributed by atoms with E-state index < -0.39 is 0 Å². The Hall–Kier alpha value is -1.56. The predicted octanol–water partition coefficient (Wildman–Crippen LogP) is 6.53. The highest BCUT2D eigenvalue weighted by molar-refractivity contribution is 5.64. The second kappa shape index (κ2) is 6.47. The monoisotopic (exact) mass is 280 g/mol. The van der Waals surface area contributed by atoms with Gasteiger partial charge < -0.3 is 0 Å². The fourth-order valence-electron chi connectivity index (χ4n) is 2.98. The van der Waals surface area contributed by atoms with Crippen LogP contribution in [0.15, 0.2) is 54.6 Å². The van der Waals surface area contributed by atoms with Crippen molar-refractivity contribution in [2.75, 3.05) is 0 Å². The number of benzene rings is 2. The van der Waals surface area contributed by atoms with Crippen molar-refractivity contribution >= 4 is 0 Å². The maximum atomic E-state index is 2.38. The predicted molar refractivity (Wildman–Crippen MR) is 93.5 cm³/mol. The zero-order chi connectivity index (χ0) is 15.5. The highest BCUT2D eigenvalue weighted by Crippen LogP contribution is 2.37. The lowest BCUT2D eigenvalue weighted by Gasteiger charge is -2.29. The first kappa shape index (κ1) is 15.8. The summed E-state index contributed by atoms with van der Waals surface area (Å²) < 4.78 is 0. The lowest BCUT2D eigenvalue weighted by atomic mass is 9.76. The van der Waals surface area contributed by atoms with Gasteiger partial charge in [-0.1, -0.05) is 89.2 Å². The number of rotatable bonds is 4. The van der Waals surface area contributed by atoms with Crippen LogP contribution in [0.1, 0.15) is 52.5 Å². The molecule has 0 fully saturated rings. The molecule has 2 aromatic rings. The highest BCUT2D eigenvalue weighted by Gasteiger charge is 2.23. The van der Waals surface area contributed by atoms with Gasteiger partial charge in [0.15, 0.2) is 0 Å². The Morgan fingerprint density at radius 3 is 2.00 bits per heavy atom. The Bertz CT molecular complexity index is 558. The van der Waals surface area contributed by atoms with Gasteiger partial charge in [0.25, 0.3) is 0 Å². The van der Waals surface area contributed by atoms with Gasteiger partial charge in [-0.25, -0.2) is 0 Å². The summed E-state index contributed by atoms with van der Waals surface area (Å²) in [4.78, 5) is 0. The largest absolute Gasteiger partial charge is 0.0622 e. The number of hydrogen-bond donors (Lipinski definition) is 0. The third kappa shape index (κ3) is 4.46. The van der Waals surface area contributed by atoms with Crippen molar-refractivity contribution in [3.05, 3.63) is 60.2 Å². The Balaban J connectivity index is 2.34. The second-order valence-electron chi connectivity index (χ2n) is 7.61. The van der Waals surface area contributed by atoms with E-state index in [-0.39, 0.29) is 0 Å². The summed E-state index contributed by atoms with van der Waals surface area (Å²) in [5.74, 6) is 1.28. The van der Waals surface area contributed by atoms with Crippen molar-refractivity contribution in [1.82, 2.24) is 0 Å². The summed E-state index contributed by atoms with van der Waals surface area (Å²) in [6.07, 6.45) is 1.23. The van der Waals surface area contributed by atoms with Crippen molar-refractivity contribution in [2.24, 2.45) is 11.3 Å². The van der Waals surface area contributed by atoms with E-state index in [1.807, 2.05) is 0 Å². The molecule has 0 aliphatic heterocycles. The van der Waals surface area contributed by atoms with E-state index in [4.69, 9.17) is 0 Å². The minimum absolute atomic E-state index is 0.359. The molecule has 0 amide bonds. The molecule has 0 aliphatic carbocycles. The molecule has 0 saturated carbocycles. The molecular formula is C21H28. The van der Waals surface area contributed by atoms with Crippen LogP contribution in [0.5, 0.6) is 0 Å². The lowest BCUT2D eigenvalue weighted by Crippen LogP contribution is -2.16. The van der Waals surface area contributed by atoms with Gasteiger partial charge in [-0.2, -0.15) is 0 Å². The molecule has 0 aromatic heterocycles. The first-order valence-electron chi connectivity index (χ1n) is 8.02. The molecule has 0 N–H and O–H groups in total. The third-order valence-electron chi connectivity index (χ3n) is 4.06. The maximum Gasteiger partial charge on any atom is -0.0134 e. The van der Waals surface area contributed by atoms with Gasteiger partial charge in [0.1, 0.15) is 0 Å². The van der Waals surface area contributed by atoms with Gasteiger partial charge in [-0.05, 0) is 40.4 Å². The fraction of sp³-hybridized carbons (Fsp3) is 0.429. The Morgan fingerprint density at radius 1 is 0.810 bits per heavy atom. The molecule has 0 nitrogen and oxygen atoms in total. The summed E-state index contributed by atoms with van der Waals surface area (Å²) in [5.41, 5.74) is 4.46. The molecule has 0 spiro atoms.